The molecule has 5 heteroatoms. The lowest BCUT2D eigenvalue weighted by molar-refractivity contribution is 0.402. The Bertz CT molecular complexity index is 748. The fourth-order valence-electron chi connectivity index (χ4n) is 2.17. The third-order valence-electron chi connectivity index (χ3n) is 3.22. The fourth-order valence-corrected chi connectivity index (χ4v) is 2.29. The first-order chi connectivity index (χ1) is 10.6. The molecule has 0 amide bonds. The van der Waals surface area contributed by atoms with Crippen LogP contribution in [0, 0.1) is 0 Å². The number of hydrogen-bond acceptors (Lipinski definition) is 4. The van der Waals surface area contributed by atoms with Crippen LogP contribution in [0.15, 0.2) is 52.9 Å². The maximum atomic E-state index is 5.88. The highest BCUT2D eigenvalue weighted by Gasteiger charge is 2.10. The second-order valence-corrected chi connectivity index (χ2v) is 5.79. The predicted molar refractivity (Wildman–Crippen MR) is 87.6 cm³/mol. The number of hydrogen-bond donors (Lipinski definition) is 0. The molecule has 0 aliphatic carbocycles. The summed E-state index contributed by atoms with van der Waals surface area (Å²) in [4.78, 5) is 2.13. The molecule has 0 saturated carbocycles. The predicted octanol–water partition coefficient (Wildman–Crippen LogP) is 4.12. The van der Waals surface area contributed by atoms with Crippen LogP contribution < -0.4 is 0 Å². The molecule has 0 spiro atoms. The minimum Gasteiger partial charge on any atom is -0.416 e. The molecule has 2 aromatic carbocycles. The van der Waals surface area contributed by atoms with Crippen LogP contribution in [-0.4, -0.2) is 29.2 Å². The minimum absolute atomic E-state index is 0.490. The van der Waals surface area contributed by atoms with Crippen molar-refractivity contribution in [3.8, 4) is 22.9 Å². The van der Waals surface area contributed by atoms with Gasteiger partial charge in [0.15, 0.2) is 0 Å². The normalized spacial score (nSPS) is 11.1. The SMILES string of the molecule is CN(C)Cc1ccc(-c2nnc(-c3ccc(Cl)cc3)o2)cc1. The van der Waals surface area contributed by atoms with Gasteiger partial charge in [0.2, 0.25) is 11.8 Å². The first-order valence-electron chi connectivity index (χ1n) is 6.95. The number of nitrogens with zero attached hydrogens (tertiary/aromatic N) is 3. The Morgan fingerprint density at radius 3 is 1.86 bits per heavy atom. The van der Waals surface area contributed by atoms with Crippen molar-refractivity contribution in [3.05, 3.63) is 59.1 Å². The van der Waals surface area contributed by atoms with Gasteiger partial charge in [0, 0.05) is 22.7 Å². The van der Waals surface area contributed by atoms with E-state index in [1.165, 1.54) is 5.56 Å². The van der Waals surface area contributed by atoms with E-state index in [2.05, 4.69) is 27.2 Å². The van der Waals surface area contributed by atoms with Gasteiger partial charge in [-0.25, -0.2) is 0 Å². The average Bonchev–Trinajstić information content (AvgIpc) is 2.98. The Hall–Kier alpha value is -2.17. The standard InChI is InChI=1S/C17H16ClN3O/c1-21(2)11-12-3-5-13(6-4-12)16-19-20-17(22-16)14-7-9-15(18)10-8-14/h3-10H,11H2,1-2H3. The average molecular weight is 314 g/mol. The van der Waals surface area contributed by atoms with Crippen molar-refractivity contribution in [3.63, 3.8) is 0 Å². The van der Waals surface area contributed by atoms with Gasteiger partial charge in [0.25, 0.3) is 0 Å². The smallest absolute Gasteiger partial charge is 0.248 e. The van der Waals surface area contributed by atoms with E-state index in [1.807, 2.05) is 38.4 Å². The minimum atomic E-state index is 0.490. The van der Waals surface area contributed by atoms with Gasteiger partial charge in [-0.1, -0.05) is 23.7 Å². The Morgan fingerprint density at radius 1 is 0.864 bits per heavy atom. The first kappa shape index (κ1) is 14.8. The summed E-state index contributed by atoms with van der Waals surface area (Å²) in [5, 5.41) is 8.89. The zero-order valence-corrected chi connectivity index (χ0v) is 13.2. The lowest BCUT2D eigenvalue weighted by Crippen LogP contribution is -2.10. The summed E-state index contributed by atoms with van der Waals surface area (Å²) in [6.45, 7) is 0.903. The molecule has 0 N–H and O–H groups in total. The molecule has 0 unspecified atom stereocenters. The Labute approximate surface area is 134 Å². The highest BCUT2D eigenvalue weighted by Crippen LogP contribution is 2.25. The third kappa shape index (κ3) is 3.35. The lowest BCUT2D eigenvalue weighted by Gasteiger charge is -2.09. The van der Waals surface area contributed by atoms with Crippen LogP contribution in [0.3, 0.4) is 0 Å². The van der Waals surface area contributed by atoms with Crippen molar-refractivity contribution in [2.45, 2.75) is 6.54 Å². The largest absolute Gasteiger partial charge is 0.416 e. The topological polar surface area (TPSA) is 42.2 Å². The van der Waals surface area contributed by atoms with Gasteiger partial charge < -0.3 is 9.32 Å². The second-order valence-electron chi connectivity index (χ2n) is 5.35. The summed E-state index contributed by atoms with van der Waals surface area (Å²) in [5.74, 6) is 1.00. The maximum absolute atomic E-state index is 5.88. The Morgan fingerprint density at radius 2 is 1.36 bits per heavy atom. The second kappa shape index (κ2) is 6.30. The fraction of sp³-hybridized carbons (Fsp3) is 0.176. The molecule has 22 heavy (non-hydrogen) atoms. The van der Waals surface area contributed by atoms with Crippen molar-refractivity contribution in [1.29, 1.82) is 0 Å². The van der Waals surface area contributed by atoms with Gasteiger partial charge in [-0.15, -0.1) is 10.2 Å². The monoisotopic (exact) mass is 313 g/mol. The summed E-state index contributed by atoms with van der Waals surface area (Å²) in [5.41, 5.74) is 3.01. The molecular weight excluding hydrogens is 298 g/mol. The molecule has 3 rings (SSSR count). The van der Waals surface area contributed by atoms with Gasteiger partial charge in [0.1, 0.15) is 0 Å². The van der Waals surface area contributed by atoms with Crippen molar-refractivity contribution in [2.75, 3.05) is 14.1 Å². The number of benzene rings is 2. The van der Waals surface area contributed by atoms with Crippen LogP contribution in [-0.2, 0) is 6.54 Å². The van der Waals surface area contributed by atoms with E-state index < -0.39 is 0 Å². The third-order valence-corrected chi connectivity index (χ3v) is 3.47. The van der Waals surface area contributed by atoms with Gasteiger partial charge in [-0.2, -0.15) is 0 Å². The van der Waals surface area contributed by atoms with Crippen LogP contribution in [0.2, 0.25) is 5.02 Å². The molecule has 1 aromatic heterocycles. The van der Waals surface area contributed by atoms with E-state index in [9.17, 15) is 0 Å². The Kier molecular flexibility index (Phi) is 4.22. The zero-order chi connectivity index (χ0) is 15.5. The molecule has 0 aliphatic rings. The molecule has 3 aromatic rings. The molecule has 0 atom stereocenters. The molecule has 0 radical (unpaired) electrons. The summed E-state index contributed by atoms with van der Waals surface area (Å²) < 4.78 is 5.74. The number of halogens is 1. The van der Waals surface area contributed by atoms with E-state index in [1.54, 1.807) is 12.1 Å². The summed E-state index contributed by atoms with van der Waals surface area (Å²) in [6.07, 6.45) is 0. The number of aromatic nitrogens is 2. The molecule has 1 heterocycles. The molecule has 0 aliphatic heterocycles. The van der Waals surface area contributed by atoms with E-state index in [0.717, 1.165) is 17.7 Å². The molecule has 0 fully saturated rings. The number of rotatable bonds is 4. The summed E-state index contributed by atoms with van der Waals surface area (Å²) in [7, 11) is 4.09. The van der Waals surface area contributed by atoms with Crippen LogP contribution in [0.1, 0.15) is 5.56 Å². The zero-order valence-electron chi connectivity index (χ0n) is 12.5. The van der Waals surface area contributed by atoms with Crippen LogP contribution in [0.4, 0.5) is 0 Å². The summed E-state index contributed by atoms with van der Waals surface area (Å²) in [6, 6.07) is 15.5. The van der Waals surface area contributed by atoms with Gasteiger partial charge in [-0.05, 0) is 56.1 Å². The highest BCUT2D eigenvalue weighted by molar-refractivity contribution is 6.30. The molecule has 112 valence electrons. The van der Waals surface area contributed by atoms with E-state index in [4.69, 9.17) is 16.0 Å². The Balaban J connectivity index is 1.82. The molecule has 0 saturated heterocycles. The lowest BCUT2D eigenvalue weighted by atomic mass is 10.1. The molecule has 4 nitrogen and oxygen atoms in total. The van der Waals surface area contributed by atoms with Crippen LogP contribution in [0.25, 0.3) is 22.9 Å². The molecule has 0 bridgehead atoms. The van der Waals surface area contributed by atoms with Gasteiger partial charge in [0.05, 0.1) is 0 Å². The van der Waals surface area contributed by atoms with Crippen LogP contribution >= 0.6 is 11.6 Å². The van der Waals surface area contributed by atoms with Crippen molar-refractivity contribution in [1.82, 2.24) is 15.1 Å². The van der Waals surface area contributed by atoms with E-state index in [0.29, 0.717) is 16.8 Å². The first-order valence-corrected chi connectivity index (χ1v) is 7.33. The van der Waals surface area contributed by atoms with Crippen molar-refractivity contribution in [2.24, 2.45) is 0 Å². The van der Waals surface area contributed by atoms with Crippen molar-refractivity contribution >= 4 is 11.6 Å². The molecular formula is C17H16ClN3O. The highest BCUT2D eigenvalue weighted by atomic mass is 35.5. The van der Waals surface area contributed by atoms with Crippen molar-refractivity contribution < 1.29 is 4.42 Å². The quantitative estimate of drug-likeness (QED) is 0.726. The van der Waals surface area contributed by atoms with Gasteiger partial charge >= 0.3 is 0 Å². The summed E-state index contributed by atoms with van der Waals surface area (Å²) >= 11 is 5.88. The van der Waals surface area contributed by atoms with Gasteiger partial charge in [-0.3, -0.25) is 0 Å². The van der Waals surface area contributed by atoms with Crippen LogP contribution in [0.5, 0.6) is 0 Å². The van der Waals surface area contributed by atoms with E-state index >= 15 is 0 Å². The van der Waals surface area contributed by atoms with E-state index in [-0.39, 0.29) is 0 Å². The maximum Gasteiger partial charge on any atom is 0.248 e.